The molecule has 21 heavy (non-hydrogen) atoms. The first kappa shape index (κ1) is 13.1. The zero-order valence-corrected chi connectivity index (χ0v) is 11.0. The van der Waals surface area contributed by atoms with Crippen molar-refractivity contribution in [3.8, 4) is 0 Å². The number of para-hydroxylation sites is 1. The van der Waals surface area contributed by atoms with Crippen molar-refractivity contribution >= 4 is 22.6 Å². The van der Waals surface area contributed by atoms with Crippen molar-refractivity contribution in [1.29, 1.82) is 0 Å². The van der Waals surface area contributed by atoms with Crippen molar-refractivity contribution in [3.63, 3.8) is 0 Å². The van der Waals surface area contributed by atoms with Crippen LogP contribution >= 0.6 is 0 Å². The van der Waals surface area contributed by atoms with Crippen LogP contribution in [0.5, 0.6) is 0 Å². The lowest BCUT2D eigenvalue weighted by Crippen LogP contribution is -2.23. The normalized spacial score (nSPS) is 10.5. The summed E-state index contributed by atoms with van der Waals surface area (Å²) >= 11 is 0. The Hall–Kier alpha value is -2.93. The molecule has 7 nitrogen and oxygen atoms in total. The van der Waals surface area contributed by atoms with Crippen LogP contribution in [0.2, 0.25) is 0 Å². The Kier molecular flexibility index (Phi) is 3.48. The summed E-state index contributed by atoms with van der Waals surface area (Å²) in [5.41, 5.74) is 3.65. The maximum Gasteiger partial charge on any atom is 0.252 e. The number of fused-ring (bicyclic) bond motifs is 1. The van der Waals surface area contributed by atoms with Crippen molar-refractivity contribution in [1.82, 2.24) is 15.5 Å². The number of carbonyl (C=O) groups excluding carboxylic acids is 1. The molecule has 7 heteroatoms. The third-order valence-corrected chi connectivity index (χ3v) is 3.02. The minimum absolute atomic E-state index is 0.235. The van der Waals surface area contributed by atoms with Crippen molar-refractivity contribution in [2.45, 2.75) is 6.54 Å². The quantitative estimate of drug-likeness (QED) is 0.494. The summed E-state index contributed by atoms with van der Waals surface area (Å²) in [6.07, 6.45) is 1.53. The topological polar surface area (TPSA) is 106 Å². The Morgan fingerprint density at radius 2 is 2.14 bits per heavy atom. The summed E-state index contributed by atoms with van der Waals surface area (Å²) in [7, 11) is 0. The number of pyridine rings is 1. The van der Waals surface area contributed by atoms with Crippen LogP contribution in [-0.2, 0) is 6.54 Å². The summed E-state index contributed by atoms with van der Waals surface area (Å²) in [4.78, 5) is 16.7. The van der Waals surface area contributed by atoms with Crippen LogP contribution in [0.15, 0.2) is 47.1 Å². The predicted octanol–water partition coefficient (Wildman–Crippen LogP) is 1.44. The standard InChI is InChI=1S/C14H13N5O2/c15-19-13-7-11(10-3-1-2-4-12(10)18-13)14(20)16-8-9-5-6-17-21-9/h1-7H,8,15H2,(H,16,20)(H,18,19). The third-order valence-electron chi connectivity index (χ3n) is 3.02. The summed E-state index contributed by atoms with van der Waals surface area (Å²) in [6, 6.07) is 10.7. The molecule has 0 saturated heterocycles. The first-order valence-corrected chi connectivity index (χ1v) is 6.32. The molecule has 0 aliphatic heterocycles. The second-order valence-electron chi connectivity index (χ2n) is 4.38. The molecule has 0 aliphatic carbocycles. The number of hydrazine groups is 1. The van der Waals surface area contributed by atoms with Crippen molar-refractivity contribution in [2.75, 3.05) is 5.43 Å². The molecule has 0 bridgehead atoms. The van der Waals surface area contributed by atoms with Gasteiger partial charge in [-0.3, -0.25) is 4.79 Å². The lowest BCUT2D eigenvalue weighted by atomic mass is 10.1. The Bertz CT molecular complexity index is 770. The summed E-state index contributed by atoms with van der Waals surface area (Å²) in [5, 5.41) is 7.12. The van der Waals surface area contributed by atoms with E-state index in [1.54, 1.807) is 12.1 Å². The van der Waals surface area contributed by atoms with Gasteiger partial charge in [0.05, 0.1) is 23.8 Å². The molecule has 4 N–H and O–H groups in total. The van der Waals surface area contributed by atoms with Crippen molar-refractivity contribution in [3.05, 3.63) is 53.9 Å². The van der Waals surface area contributed by atoms with Gasteiger partial charge in [-0.25, -0.2) is 10.8 Å². The molecule has 2 heterocycles. The van der Waals surface area contributed by atoms with Gasteiger partial charge in [-0.15, -0.1) is 0 Å². The van der Waals surface area contributed by atoms with Gasteiger partial charge in [0, 0.05) is 11.5 Å². The van der Waals surface area contributed by atoms with Gasteiger partial charge in [0.15, 0.2) is 5.76 Å². The molecule has 0 radical (unpaired) electrons. The highest BCUT2D eigenvalue weighted by Gasteiger charge is 2.13. The lowest BCUT2D eigenvalue weighted by Gasteiger charge is -2.09. The molecule has 0 fully saturated rings. The first-order chi connectivity index (χ1) is 10.3. The minimum Gasteiger partial charge on any atom is -0.360 e. The maximum absolute atomic E-state index is 12.4. The van der Waals surface area contributed by atoms with Crippen LogP contribution < -0.4 is 16.6 Å². The fourth-order valence-corrected chi connectivity index (χ4v) is 2.03. The molecule has 0 saturated carbocycles. The number of nitrogens with one attached hydrogen (secondary N) is 2. The van der Waals surface area contributed by atoms with E-state index in [-0.39, 0.29) is 12.5 Å². The number of amides is 1. The number of aromatic nitrogens is 2. The van der Waals surface area contributed by atoms with Crippen LogP contribution in [0.4, 0.5) is 5.82 Å². The number of nitrogens with two attached hydrogens (primary N) is 1. The van der Waals surface area contributed by atoms with Crippen LogP contribution in [0.3, 0.4) is 0 Å². The van der Waals surface area contributed by atoms with Crippen LogP contribution in [0.25, 0.3) is 10.9 Å². The predicted molar refractivity (Wildman–Crippen MR) is 77.2 cm³/mol. The highest BCUT2D eigenvalue weighted by atomic mass is 16.5. The fourth-order valence-electron chi connectivity index (χ4n) is 2.03. The van der Waals surface area contributed by atoms with Crippen molar-refractivity contribution in [2.24, 2.45) is 5.84 Å². The minimum atomic E-state index is -0.235. The molecule has 3 rings (SSSR count). The third kappa shape index (κ3) is 2.67. The van der Waals surface area contributed by atoms with E-state index in [0.29, 0.717) is 22.7 Å². The monoisotopic (exact) mass is 283 g/mol. The Balaban J connectivity index is 1.92. The molecule has 1 aromatic carbocycles. The molecular formula is C14H13N5O2. The molecular weight excluding hydrogens is 270 g/mol. The number of carbonyl (C=O) groups is 1. The molecule has 0 atom stereocenters. The first-order valence-electron chi connectivity index (χ1n) is 6.32. The van der Waals surface area contributed by atoms with E-state index >= 15 is 0 Å². The van der Waals surface area contributed by atoms with E-state index in [4.69, 9.17) is 10.4 Å². The Morgan fingerprint density at radius 3 is 2.90 bits per heavy atom. The van der Waals surface area contributed by atoms with Gasteiger partial charge in [-0.1, -0.05) is 23.4 Å². The Labute approximate surface area is 120 Å². The number of benzene rings is 1. The number of hydrogen-bond acceptors (Lipinski definition) is 6. The van der Waals surface area contributed by atoms with Gasteiger partial charge in [0.25, 0.3) is 5.91 Å². The highest BCUT2D eigenvalue weighted by molar-refractivity contribution is 6.06. The van der Waals surface area contributed by atoms with E-state index in [9.17, 15) is 4.79 Å². The fraction of sp³-hybridized carbons (Fsp3) is 0.0714. The van der Waals surface area contributed by atoms with Crippen LogP contribution in [0, 0.1) is 0 Å². The zero-order valence-electron chi connectivity index (χ0n) is 11.0. The van der Waals surface area contributed by atoms with Gasteiger partial charge in [0.2, 0.25) is 0 Å². The average Bonchev–Trinajstić information content (AvgIpc) is 3.05. The highest BCUT2D eigenvalue weighted by Crippen LogP contribution is 2.20. The smallest absolute Gasteiger partial charge is 0.252 e. The molecule has 1 amide bonds. The average molecular weight is 283 g/mol. The van der Waals surface area contributed by atoms with Crippen LogP contribution in [0.1, 0.15) is 16.1 Å². The zero-order chi connectivity index (χ0) is 14.7. The van der Waals surface area contributed by atoms with E-state index in [0.717, 1.165) is 5.39 Å². The van der Waals surface area contributed by atoms with Gasteiger partial charge >= 0.3 is 0 Å². The van der Waals surface area contributed by atoms with E-state index in [2.05, 4.69) is 20.9 Å². The molecule has 106 valence electrons. The van der Waals surface area contributed by atoms with Crippen molar-refractivity contribution < 1.29 is 9.32 Å². The van der Waals surface area contributed by atoms with E-state index in [1.807, 2.05) is 24.3 Å². The maximum atomic E-state index is 12.4. The molecule has 0 spiro atoms. The number of hydrogen-bond donors (Lipinski definition) is 3. The number of rotatable bonds is 4. The van der Waals surface area contributed by atoms with E-state index < -0.39 is 0 Å². The Morgan fingerprint density at radius 1 is 1.29 bits per heavy atom. The van der Waals surface area contributed by atoms with Gasteiger partial charge in [0.1, 0.15) is 5.82 Å². The largest absolute Gasteiger partial charge is 0.360 e. The van der Waals surface area contributed by atoms with Gasteiger partial charge in [-0.2, -0.15) is 0 Å². The second-order valence-corrected chi connectivity index (χ2v) is 4.38. The molecule has 3 aromatic rings. The summed E-state index contributed by atoms with van der Waals surface area (Å²) < 4.78 is 4.94. The molecule has 0 aliphatic rings. The molecule has 0 unspecified atom stereocenters. The number of anilines is 1. The summed E-state index contributed by atoms with van der Waals surface area (Å²) in [5.74, 6) is 6.17. The molecule has 2 aromatic heterocycles. The van der Waals surface area contributed by atoms with Crippen LogP contribution in [-0.4, -0.2) is 16.0 Å². The van der Waals surface area contributed by atoms with Gasteiger partial charge < -0.3 is 15.3 Å². The lowest BCUT2D eigenvalue weighted by molar-refractivity contribution is 0.0948. The number of nitrogen functional groups attached to an aromatic ring is 1. The van der Waals surface area contributed by atoms with Gasteiger partial charge in [-0.05, 0) is 12.1 Å². The SMILES string of the molecule is NNc1cc(C(=O)NCc2ccno2)c2ccccc2n1. The van der Waals surface area contributed by atoms with E-state index in [1.165, 1.54) is 6.20 Å². The number of nitrogens with zero attached hydrogens (tertiary/aromatic N) is 2. The summed E-state index contributed by atoms with van der Waals surface area (Å²) in [6.45, 7) is 0.265. The second kappa shape index (κ2) is 5.59.